The summed E-state index contributed by atoms with van der Waals surface area (Å²) >= 11 is 0. The summed E-state index contributed by atoms with van der Waals surface area (Å²) in [6.07, 6.45) is 3.21. The fourth-order valence-electron chi connectivity index (χ4n) is 1.37. The van der Waals surface area contributed by atoms with Gasteiger partial charge in [-0.3, -0.25) is 0 Å². The van der Waals surface area contributed by atoms with Gasteiger partial charge >= 0.3 is 0 Å². The molecule has 1 heterocycles. The molecule has 0 saturated heterocycles. The average Bonchev–Trinajstić information content (AvgIpc) is 2.30. The molecule has 0 amide bonds. The molecule has 0 fully saturated rings. The molecule has 0 aliphatic rings. The van der Waals surface area contributed by atoms with Crippen LogP contribution in [0.5, 0.6) is 0 Å². The van der Waals surface area contributed by atoms with Crippen molar-refractivity contribution >= 4 is 17.3 Å². The maximum Gasteiger partial charge on any atom is 0.175 e. The fraction of sp³-hybridized carbons (Fsp3) is 0.0909. The van der Waals surface area contributed by atoms with Gasteiger partial charge in [-0.15, -0.1) is 0 Å². The van der Waals surface area contributed by atoms with E-state index in [4.69, 9.17) is 5.73 Å². The molecule has 2 N–H and O–H groups in total. The molecule has 15 heavy (non-hydrogen) atoms. The van der Waals surface area contributed by atoms with Crippen LogP contribution in [-0.4, -0.2) is 17.0 Å². The number of nitrogens with zero attached hydrogens (tertiary/aromatic N) is 3. The highest BCUT2D eigenvalue weighted by Gasteiger charge is 2.08. The molecule has 1 aromatic carbocycles. The van der Waals surface area contributed by atoms with Crippen LogP contribution in [0.1, 0.15) is 0 Å². The lowest BCUT2D eigenvalue weighted by Crippen LogP contribution is -2.13. The van der Waals surface area contributed by atoms with Gasteiger partial charge in [0.25, 0.3) is 0 Å². The number of hydrogen-bond acceptors (Lipinski definition) is 4. The quantitative estimate of drug-likeness (QED) is 0.803. The van der Waals surface area contributed by atoms with Gasteiger partial charge in [-0.25, -0.2) is 9.97 Å². The molecule has 2 aromatic rings. The Morgan fingerprint density at radius 3 is 2.40 bits per heavy atom. The second-order valence-electron chi connectivity index (χ2n) is 3.16. The zero-order chi connectivity index (χ0) is 10.7. The van der Waals surface area contributed by atoms with Crippen molar-refractivity contribution in [3.63, 3.8) is 0 Å². The zero-order valence-electron chi connectivity index (χ0n) is 8.46. The molecule has 0 aliphatic heterocycles. The first-order valence-corrected chi connectivity index (χ1v) is 4.64. The molecular weight excluding hydrogens is 188 g/mol. The Bertz CT molecular complexity index is 441. The topological polar surface area (TPSA) is 55.0 Å². The van der Waals surface area contributed by atoms with Crippen LogP contribution >= 0.6 is 0 Å². The van der Waals surface area contributed by atoms with E-state index >= 15 is 0 Å². The van der Waals surface area contributed by atoms with E-state index in [0.717, 1.165) is 5.69 Å². The highest BCUT2D eigenvalue weighted by molar-refractivity contribution is 5.67. The van der Waals surface area contributed by atoms with Crippen molar-refractivity contribution in [2.24, 2.45) is 0 Å². The summed E-state index contributed by atoms with van der Waals surface area (Å²) in [4.78, 5) is 10.1. The van der Waals surface area contributed by atoms with E-state index in [-0.39, 0.29) is 0 Å². The van der Waals surface area contributed by atoms with Gasteiger partial charge in [0.05, 0.1) is 0 Å². The first-order chi connectivity index (χ1) is 7.29. The van der Waals surface area contributed by atoms with Gasteiger partial charge in [0.2, 0.25) is 0 Å². The molecule has 0 radical (unpaired) electrons. The number of benzene rings is 1. The van der Waals surface area contributed by atoms with Gasteiger partial charge in [0, 0.05) is 25.1 Å². The van der Waals surface area contributed by atoms with Crippen LogP contribution in [0.3, 0.4) is 0 Å². The molecular formula is C11H12N4. The summed E-state index contributed by atoms with van der Waals surface area (Å²) in [5.41, 5.74) is 6.78. The summed E-state index contributed by atoms with van der Waals surface area (Å²) in [6.45, 7) is 0. The third-order valence-corrected chi connectivity index (χ3v) is 2.17. The Kier molecular flexibility index (Phi) is 2.49. The van der Waals surface area contributed by atoms with Crippen molar-refractivity contribution in [1.29, 1.82) is 0 Å². The standard InChI is InChI=1S/C11H12N4/c1-15(9-5-3-2-4-6-9)11-10(12)13-7-8-14-11/h2-8H,1H3,(H2,12,13). The Morgan fingerprint density at radius 1 is 1.07 bits per heavy atom. The van der Waals surface area contributed by atoms with Gasteiger partial charge < -0.3 is 10.6 Å². The Hall–Kier alpha value is -2.10. The minimum Gasteiger partial charge on any atom is -0.381 e. The molecule has 0 unspecified atom stereocenters. The molecule has 0 aliphatic carbocycles. The lowest BCUT2D eigenvalue weighted by Gasteiger charge is -2.18. The Labute approximate surface area is 88.4 Å². The first-order valence-electron chi connectivity index (χ1n) is 4.64. The maximum atomic E-state index is 5.74. The van der Waals surface area contributed by atoms with Crippen molar-refractivity contribution in [3.05, 3.63) is 42.7 Å². The van der Waals surface area contributed by atoms with E-state index in [1.165, 1.54) is 0 Å². The smallest absolute Gasteiger partial charge is 0.175 e. The molecule has 0 atom stereocenters. The van der Waals surface area contributed by atoms with Crippen LogP contribution in [-0.2, 0) is 0 Å². The van der Waals surface area contributed by atoms with E-state index in [1.54, 1.807) is 12.4 Å². The van der Waals surface area contributed by atoms with Crippen molar-refractivity contribution in [2.45, 2.75) is 0 Å². The molecule has 4 heteroatoms. The predicted molar refractivity (Wildman–Crippen MR) is 60.9 cm³/mol. The van der Waals surface area contributed by atoms with E-state index in [0.29, 0.717) is 11.6 Å². The molecule has 76 valence electrons. The second kappa shape index (κ2) is 3.96. The van der Waals surface area contributed by atoms with Crippen molar-refractivity contribution in [2.75, 3.05) is 17.7 Å². The number of aromatic nitrogens is 2. The summed E-state index contributed by atoms with van der Waals surface area (Å²) in [7, 11) is 1.91. The number of anilines is 3. The molecule has 0 bridgehead atoms. The maximum absolute atomic E-state index is 5.74. The number of rotatable bonds is 2. The zero-order valence-corrected chi connectivity index (χ0v) is 8.46. The van der Waals surface area contributed by atoms with E-state index in [9.17, 15) is 0 Å². The van der Waals surface area contributed by atoms with Gasteiger partial charge in [0.15, 0.2) is 11.6 Å². The molecule has 4 nitrogen and oxygen atoms in total. The molecule has 0 spiro atoms. The third kappa shape index (κ3) is 1.88. The highest BCUT2D eigenvalue weighted by atomic mass is 15.2. The summed E-state index contributed by atoms with van der Waals surface area (Å²) in [5.74, 6) is 1.10. The van der Waals surface area contributed by atoms with Crippen molar-refractivity contribution in [1.82, 2.24) is 9.97 Å². The summed E-state index contributed by atoms with van der Waals surface area (Å²) in [6, 6.07) is 9.90. The first kappa shape index (κ1) is 9.45. The Morgan fingerprint density at radius 2 is 1.73 bits per heavy atom. The van der Waals surface area contributed by atoms with Crippen molar-refractivity contribution in [3.8, 4) is 0 Å². The molecule has 2 rings (SSSR count). The van der Waals surface area contributed by atoms with Crippen LogP contribution in [0.2, 0.25) is 0 Å². The Balaban J connectivity index is 2.37. The third-order valence-electron chi connectivity index (χ3n) is 2.17. The van der Waals surface area contributed by atoms with E-state index < -0.39 is 0 Å². The number of nitrogens with two attached hydrogens (primary N) is 1. The minimum atomic E-state index is 0.434. The normalized spacial score (nSPS) is 9.93. The predicted octanol–water partition coefficient (Wildman–Crippen LogP) is 1.83. The van der Waals surface area contributed by atoms with Gasteiger partial charge in [-0.05, 0) is 12.1 Å². The summed E-state index contributed by atoms with van der Waals surface area (Å²) < 4.78 is 0. The van der Waals surface area contributed by atoms with Crippen LogP contribution in [0.15, 0.2) is 42.7 Å². The van der Waals surface area contributed by atoms with Crippen LogP contribution < -0.4 is 10.6 Å². The van der Waals surface area contributed by atoms with E-state index in [2.05, 4.69) is 9.97 Å². The number of para-hydroxylation sites is 1. The lowest BCUT2D eigenvalue weighted by molar-refractivity contribution is 1.09. The van der Waals surface area contributed by atoms with Crippen LogP contribution in [0.4, 0.5) is 17.3 Å². The van der Waals surface area contributed by atoms with Crippen molar-refractivity contribution < 1.29 is 0 Å². The van der Waals surface area contributed by atoms with Gasteiger partial charge in [-0.1, -0.05) is 18.2 Å². The monoisotopic (exact) mass is 200 g/mol. The fourth-order valence-corrected chi connectivity index (χ4v) is 1.37. The van der Waals surface area contributed by atoms with E-state index in [1.807, 2.05) is 42.3 Å². The number of nitrogen functional groups attached to an aromatic ring is 1. The van der Waals surface area contributed by atoms with Gasteiger partial charge in [-0.2, -0.15) is 0 Å². The van der Waals surface area contributed by atoms with Gasteiger partial charge in [0.1, 0.15) is 0 Å². The van der Waals surface area contributed by atoms with Crippen LogP contribution in [0, 0.1) is 0 Å². The molecule has 1 aromatic heterocycles. The highest BCUT2D eigenvalue weighted by Crippen LogP contribution is 2.23. The lowest BCUT2D eigenvalue weighted by atomic mass is 10.3. The second-order valence-corrected chi connectivity index (χ2v) is 3.16. The van der Waals surface area contributed by atoms with Crippen LogP contribution in [0.25, 0.3) is 0 Å². The molecule has 0 saturated carbocycles. The average molecular weight is 200 g/mol. The largest absolute Gasteiger partial charge is 0.381 e. The minimum absolute atomic E-state index is 0.434. The summed E-state index contributed by atoms with van der Waals surface area (Å²) in [5, 5.41) is 0. The SMILES string of the molecule is CN(c1ccccc1)c1nccnc1N. The number of hydrogen-bond donors (Lipinski definition) is 1.